The molecular weight excluding hydrogens is 328 g/mol. The maximum atomic E-state index is 12.7. The van der Waals surface area contributed by atoms with Gasteiger partial charge >= 0.3 is 0 Å². The fourth-order valence-corrected chi connectivity index (χ4v) is 2.98. The van der Waals surface area contributed by atoms with E-state index in [1.54, 1.807) is 38.3 Å². The van der Waals surface area contributed by atoms with E-state index in [-0.39, 0.29) is 17.7 Å². The number of carbonyl (C=O) groups excluding carboxylic acids is 1. The van der Waals surface area contributed by atoms with Gasteiger partial charge in [0.25, 0.3) is 0 Å². The Morgan fingerprint density at radius 3 is 2.67 bits per heavy atom. The average molecular weight is 347 g/mol. The highest BCUT2D eigenvalue weighted by Crippen LogP contribution is 2.52. The van der Waals surface area contributed by atoms with Crippen molar-refractivity contribution >= 4 is 23.3 Å². The maximum absolute atomic E-state index is 12.7. The largest absolute Gasteiger partial charge is 0.497 e. The molecule has 0 aliphatic heterocycles. The molecule has 0 unspecified atom stereocenters. The number of nitrogens with zero attached hydrogens (tertiary/aromatic N) is 2. The van der Waals surface area contributed by atoms with E-state index in [1.807, 2.05) is 18.2 Å². The first kappa shape index (κ1) is 16.6. The molecule has 1 aromatic heterocycles. The molecule has 6 heteroatoms. The number of benzene rings is 1. The van der Waals surface area contributed by atoms with Gasteiger partial charge in [-0.3, -0.25) is 9.69 Å². The third-order valence-electron chi connectivity index (χ3n) is 4.33. The van der Waals surface area contributed by atoms with Gasteiger partial charge in [-0.2, -0.15) is 0 Å². The first-order valence-corrected chi connectivity index (χ1v) is 8.04. The molecule has 0 saturated heterocycles. The molecule has 1 fully saturated rings. The number of methoxy groups -OCH3 is 2. The molecule has 1 aliphatic rings. The van der Waals surface area contributed by atoms with Crippen LogP contribution in [0.3, 0.4) is 0 Å². The lowest BCUT2D eigenvalue weighted by Gasteiger charge is -2.16. The molecule has 2 atom stereocenters. The number of hydrogen-bond donors (Lipinski definition) is 0. The smallest absolute Gasteiger partial charge is 0.231 e. The minimum Gasteiger partial charge on any atom is -0.497 e. The highest BCUT2D eigenvalue weighted by molar-refractivity contribution is 6.30. The molecule has 0 bridgehead atoms. The second-order valence-electron chi connectivity index (χ2n) is 5.79. The summed E-state index contributed by atoms with van der Waals surface area (Å²) in [7, 11) is 4.99. The van der Waals surface area contributed by atoms with Crippen molar-refractivity contribution in [2.75, 3.05) is 26.2 Å². The SMILES string of the molecule is COc1ccc(OC)c([C@H]2C[C@H]2C(=O)N(C)c2ccc(Cl)cn2)c1. The zero-order chi connectivity index (χ0) is 17.3. The third-order valence-corrected chi connectivity index (χ3v) is 4.55. The molecule has 0 radical (unpaired) electrons. The molecule has 1 saturated carbocycles. The predicted octanol–water partition coefficient (Wildman–Crippen LogP) is 3.52. The first-order chi connectivity index (χ1) is 11.5. The molecule has 1 aromatic carbocycles. The van der Waals surface area contributed by atoms with E-state index < -0.39 is 0 Å². The van der Waals surface area contributed by atoms with Crippen LogP contribution in [0.5, 0.6) is 11.5 Å². The van der Waals surface area contributed by atoms with Crippen LogP contribution in [-0.2, 0) is 4.79 Å². The monoisotopic (exact) mass is 346 g/mol. The van der Waals surface area contributed by atoms with Gasteiger partial charge in [-0.15, -0.1) is 0 Å². The number of carbonyl (C=O) groups is 1. The Kier molecular flexibility index (Phi) is 4.62. The quantitative estimate of drug-likeness (QED) is 0.831. The molecule has 3 rings (SSSR count). The van der Waals surface area contributed by atoms with Gasteiger partial charge in [0.15, 0.2) is 0 Å². The number of halogens is 1. The van der Waals surface area contributed by atoms with Gasteiger partial charge in [-0.1, -0.05) is 11.6 Å². The van der Waals surface area contributed by atoms with Crippen LogP contribution in [0.1, 0.15) is 17.9 Å². The van der Waals surface area contributed by atoms with E-state index in [4.69, 9.17) is 21.1 Å². The highest BCUT2D eigenvalue weighted by atomic mass is 35.5. The summed E-state index contributed by atoms with van der Waals surface area (Å²) in [5, 5.41) is 0.546. The van der Waals surface area contributed by atoms with Crippen LogP contribution in [0.4, 0.5) is 5.82 Å². The van der Waals surface area contributed by atoms with Gasteiger partial charge in [0.05, 0.1) is 19.2 Å². The van der Waals surface area contributed by atoms with E-state index in [0.29, 0.717) is 10.8 Å². The summed E-state index contributed by atoms with van der Waals surface area (Å²) in [6, 6.07) is 9.13. The molecule has 24 heavy (non-hydrogen) atoms. The van der Waals surface area contributed by atoms with Crippen molar-refractivity contribution in [3.05, 3.63) is 47.1 Å². The Labute approximate surface area is 146 Å². The number of ether oxygens (including phenoxy) is 2. The Morgan fingerprint density at radius 1 is 1.25 bits per heavy atom. The van der Waals surface area contributed by atoms with Crippen LogP contribution in [0, 0.1) is 5.92 Å². The van der Waals surface area contributed by atoms with Crippen molar-refractivity contribution in [2.45, 2.75) is 12.3 Å². The lowest BCUT2D eigenvalue weighted by atomic mass is 10.1. The van der Waals surface area contributed by atoms with Gasteiger partial charge in [0.1, 0.15) is 17.3 Å². The third kappa shape index (κ3) is 3.17. The molecule has 126 valence electrons. The molecular formula is C18H19ClN2O3. The number of pyridine rings is 1. The average Bonchev–Trinajstić information content (AvgIpc) is 3.41. The number of hydrogen-bond acceptors (Lipinski definition) is 4. The van der Waals surface area contributed by atoms with E-state index in [1.165, 1.54) is 6.20 Å². The summed E-state index contributed by atoms with van der Waals surface area (Å²) >= 11 is 5.84. The van der Waals surface area contributed by atoms with Gasteiger partial charge in [0, 0.05) is 30.6 Å². The fraction of sp³-hybridized carbons (Fsp3) is 0.333. The Balaban J connectivity index is 1.77. The Morgan fingerprint density at radius 2 is 2.04 bits per heavy atom. The minimum atomic E-state index is -0.0755. The molecule has 1 aliphatic carbocycles. The van der Waals surface area contributed by atoms with Crippen molar-refractivity contribution in [2.24, 2.45) is 5.92 Å². The van der Waals surface area contributed by atoms with Crippen LogP contribution < -0.4 is 14.4 Å². The molecule has 5 nitrogen and oxygen atoms in total. The van der Waals surface area contributed by atoms with E-state index in [2.05, 4.69) is 4.98 Å². The first-order valence-electron chi connectivity index (χ1n) is 7.66. The van der Waals surface area contributed by atoms with Crippen LogP contribution in [-0.4, -0.2) is 32.2 Å². The van der Waals surface area contributed by atoms with E-state index >= 15 is 0 Å². The Bertz CT molecular complexity index is 748. The molecule has 0 N–H and O–H groups in total. The number of anilines is 1. The summed E-state index contributed by atoms with van der Waals surface area (Å²) in [6.07, 6.45) is 2.33. The predicted molar refractivity (Wildman–Crippen MR) is 93.1 cm³/mol. The van der Waals surface area contributed by atoms with Gasteiger partial charge in [0.2, 0.25) is 5.91 Å². The van der Waals surface area contributed by atoms with Crippen LogP contribution in [0.15, 0.2) is 36.5 Å². The molecule has 2 aromatic rings. The molecule has 1 amide bonds. The van der Waals surface area contributed by atoms with Crippen LogP contribution >= 0.6 is 11.6 Å². The molecule has 0 spiro atoms. The normalized spacial score (nSPS) is 18.8. The van der Waals surface area contributed by atoms with Gasteiger partial charge < -0.3 is 9.47 Å². The lowest BCUT2D eigenvalue weighted by molar-refractivity contribution is -0.119. The zero-order valence-electron chi connectivity index (χ0n) is 13.8. The zero-order valence-corrected chi connectivity index (χ0v) is 14.6. The number of amides is 1. The van der Waals surface area contributed by atoms with Crippen LogP contribution in [0.2, 0.25) is 5.02 Å². The maximum Gasteiger partial charge on any atom is 0.231 e. The van der Waals surface area contributed by atoms with Crippen molar-refractivity contribution in [3.8, 4) is 11.5 Å². The van der Waals surface area contributed by atoms with Gasteiger partial charge in [-0.05, 0) is 36.8 Å². The summed E-state index contributed by atoms with van der Waals surface area (Å²) < 4.78 is 10.7. The van der Waals surface area contributed by atoms with Gasteiger partial charge in [-0.25, -0.2) is 4.98 Å². The standard InChI is InChI=1S/C18H19ClN2O3/c1-21(17-7-4-11(19)10-20-17)18(22)15-9-13(15)14-8-12(23-2)5-6-16(14)24-3/h4-8,10,13,15H,9H2,1-3H3/t13-,15-/m1/s1. The topological polar surface area (TPSA) is 51.7 Å². The number of rotatable bonds is 5. The van der Waals surface area contributed by atoms with Crippen molar-refractivity contribution in [3.63, 3.8) is 0 Å². The van der Waals surface area contributed by atoms with Crippen molar-refractivity contribution in [1.82, 2.24) is 4.98 Å². The fourth-order valence-electron chi connectivity index (χ4n) is 2.87. The summed E-state index contributed by atoms with van der Waals surface area (Å²) in [5.74, 6) is 2.23. The Hall–Kier alpha value is -2.27. The van der Waals surface area contributed by atoms with Crippen molar-refractivity contribution in [1.29, 1.82) is 0 Å². The second-order valence-corrected chi connectivity index (χ2v) is 6.22. The summed E-state index contributed by atoms with van der Waals surface area (Å²) in [4.78, 5) is 18.5. The lowest BCUT2D eigenvalue weighted by Crippen LogP contribution is -2.28. The second kappa shape index (κ2) is 6.69. The molecule has 1 heterocycles. The summed E-state index contributed by atoms with van der Waals surface area (Å²) in [5.41, 5.74) is 1.01. The summed E-state index contributed by atoms with van der Waals surface area (Å²) in [6.45, 7) is 0. The van der Waals surface area contributed by atoms with Crippen LogP contribution in [0.25, 0.3) is 0 Å². The van der Waals surface area contributed by atoms with E-state index in [0.717, 1.165) is 23.5 Å². The minimum absolute atomic E-state index is 0.0414. The number of aromatic nitrogens is 1. The van der Waals surface area contributed by atoms with E-state index in [9.17, 15) is 4.79 Å². The van der Waals surface area contributed by atoms with Crippen molar-refractivity contribution < 1.29 is 14.3 Å². The highest BCUT2D eigenvalue weighted by Gasteiger charge is 2.47.